The first-order valence-electron chi connectivity index (χ1n) is 8.32. The number of hydrogen-bond donors (Lipinski definition) is 0. The molecule has 0 bridgehead atoms. The molecule has 0 spiro atoms. The van der Waals surface area contributed by atoms with Gasteiger partial charge in [-0.15, -0.1) is 0 Å². The fourth-order valence-electron chi connectivity index (χ4n) is 2.95. The van der Waals surface area contributed by atoms with Crippen molar-refractivity contribution in [3.8, 4) is 11.1 Å². The van der Waals surface area contributed by atoms with Crippen LogP contribution in [0.15, 0.2) is 109 Å². The van der Waals surface area contributed by atoms with Gasteiger partial charge in [0, 0.05) is 29.5 Å². The summed E-state index contributed by atoms with van der Waals surface area (Å²) < 4.78 is 0. The molecular formula is C23H18Cl2N2Zn. The van der Waals surface area contributed by atoms with Gasteiger partial charge in [-0.2, -0.15) is 0 Å². The van der Waals surface area contributed by atoms with Crippen molar-refractivity contribution < 1.29 is 44.3 Å². The normalized spacial score (nSPS) is 9.29. The molecule has 28 heavy (non-hydrogen) atoms. The Morgan fingerprint density at radius 2 is 0.857 bits per heavy atom. The maximum absolute atomic E-state index is 4.09. The third-order valence-electron chi connectivity index (χ3n) is 4.17. The Morgan fingerprint density at radius 1 is 0.464 bits per heavy atom. The SMILES string of the molecule is [Cl-].[Cl-].[Zn+2].c1ccc(N(c2ccccc2)c2ccc(-c3ccncc3)cc2)cc1. The van der Waals surface area contributed by atoms with E-state index in [4.69, 9.17) is 0 Å². The van der Waals surface area contributed by atoms with Gasteiger partial charge in [-0.25, -0.2) is 0 Å². The van der Waals surface area contributed by atoms with Crippen molar-refractivity contribution in [3.05, 3.63) is 109 Å². The van der Waals surface area contributed by atoms with E-state index < -0.39 is 0 Å². The van der Waals surface area contributed by atoms with Crippen LogP contribution in [0.1, 0.15) is 0 Å². The summed E-state index contributed by atoms with van der Waals surface area (Å²) in [4.78, 5) is 6.35. The summed E-state index contributed by atoms with van der Waals surface area (Å²) in [5.41, 5.74) is 5.78. The van der Waals surface area contributed by atoms with E-state index in [0.29, 0.717) is 0 Å². The quantitative estimate of drug-likeness (QED) is 0.407. The van der Waals surface area contributed by atoms with Gasteiger partial charge in [0.25, 0.3) is 0 Å². The molecule has 3 aromatic carbocycles. The summed E-state index contributed by atoms with van der Waals surface area (Å²) in [6, 6.07) is 33.6. The Labute approximate surface area is 191 Å². The number of anilines is 3. The molecule has 0 aliphatic carbocycles. The van der Waals surface area contributed by atoms with E-state index in [1.165, 1.54) is 11.1 Å². The largest absolute Gasteiger partial charge is 2.00 e. The van der Waals surface area contributed by atoms with Gasteiger partial charge in [0.2, 0.25) is 0 Å². The van der Waals surface area contributed by atoms with Gasteiger partial charge in [-0.1, -0.05) is 48.5 Å². The van der Waals surface area contributed by atoms with E-state index in [2.05, 4.69) is 82.7 Å². The number of nitrogens with zero attached hydrogens (tertiary/aromatic N) is 2. The molecule has 0 amide bonds. The second-order valence-electron chi connectivity index (χ2n) is 5.79. The fraction of sp³-hybridized carbons (Fsp3) is 0. The Bertz CT molecular complexity index is 895. The standard InChI is InChI=1S/C23H18N2.2ClH.Zn/c1-3-7-21(8-4-1)25(22-9-5-2-6-10-22)23-13-11-19(12-14-23)20-15-17-24-18-16-20;;;/h1-18H;2*1H;/q;;;+2/p-2. The van der Waals surface area contributed by atoms with Gasteiger partial charge >= 0.3 is 19.5 Å². The zero-order valence-electron chi connectivity index (χ0n) is 15.2. The smallest absolute Gasteiger partial charge is 1.00 e. The number of hydrogen-bond acceptors (Lipinski definition) is 2. The summed E-state index contributed by atoms with van der Waals surface area (Å²) in [7, 11) is 0. The van der Waals surface area contributed by atoms with Crippen molar-refractivity contribution >= 4 is 17.1 Å². The maximum Gasteiger partial charge on any atom is 2.00 e. The minimum Gasteiger partial charge on any atom is -1.00 e. The van der Waals surface area contributed by atoms with E-state index in [0.717, 1.165) is 17.1 Å². The van der Waals surface area contributed by atoms with Gasteiger partial charge in [-0.05, 0) is 59.7 Å². The molecule has 4 rings (SSSR count). The predicted molar refractivity (Wildman–Crippen MR) is 104 cm³/mol. The molecule has 0 aliphatic heterocycles. The number of para-hydroxylation sites is 2. The molecule has 0 atom stereocenters. The van der Waals surface area contributed by atoms with Crippen molar-refractivity contribution in [3.63, 3.8) is 0 Å². The monoisotopic (exact) mass is 456 g/mol. The maximum atomic E-state index is 4.09. The van der Waals surface area contributed by atoms with E-state index in [9.17, 15) is 0 Å². The number of rotatable bonds is 4. The number of pyridine rings is 1. The zero-order chi connectivity index (χ0) is 16.9. The summed E-state index contributed by atoms with van der Waals surface area (Å²) in [5.74, 6) is 0. The van der Waals surface area contributed by atoms with Crippen molar-refractivity contribution in [1.29, 1.82) is 0 Å². The predicted octanol–water partition coefficient (Wildman–Crippen LogP) is 0.224. The molecule has 4 aromatic rings. The van der Waals surface area contributed by atoms with Crippen LogP contribution in [0.4, 0.5) is 17.1 Å². The van der Waals surface area contributed by atoms with Crippen LogP contribution in [0.25, 0.3) is 11.1 Å². The average molecular weight is 459 g/mol. The van der Waals surface area contributed by atoms with Crippen LogP contribution in [-0.2, 0) is 19.5 Å². The third kappa shape index (κ3) is 5.42. The van der Waals surface area contributed by atoms with Crippen molar-refractivity contribution in [2.45, 2.75) is 0 Å². The summed E-state index contributed by atoms with van der Waals surface area (Å²) in [6.45, 7) is 0. The van der Waals surface area contributed by atoms with E-state index in [-0.39, 0.29) is 44.3 Å². The van der Waals surface area contributed by atoms with Crippen LogP contribution in [0.2, 0.25) is 0 Å². The Hall–Kier alpha value is -2.19. The van der Waals surface area contributed by atoms with Crippen LogP contribution >= 0.6 is 0 Å². The number of aromatic nitrogens is 1. The van der Waals surface area contributed by atoms with Gasteiger partial charge in [0.05, 0.1) is 0 Å². The molecule has 0 radical (unpaired) electrons. The minimum absolute atomic E-state index is 0. The van der Waals surface area contributed by atoms with Crippen LogP contribution < -0.4 is 29.7 Å². The summed E-state index contributed by atoms with van der Waals surface area (Å²) >= 11 is 0. The average Bonchev–Trinajstić information content (AvgIpc) is 2.71. The molecule has 136 valence electrons. The zero-order valence-corrected chi connectivity index (χ0v) is 19.7. The van der Waals surface area contributed by atoms with Crippen LogP contribution in [-0.4, -0.2) is 4.98 Å². The van der Waals surface area contributed by atoms with Gasteiger partial charge in [0.1, 0.15) is 0 Å². The fourth-order valence-corrected chi connectivity index (χ4v) is 2.95. The van der Waals surface area contributed by atoms with E-state index in [1.54, 1.807) is 0 Å². The second-order valence-corrected chi connectivity index (χ2v) is 5.79. The first-order chi connectivity index (χ1) is 12.4. The van der Waals surface area contributed by atoms with Crippen molar-refractivity contribution in [2.75, 3.05) is 4.90 Å². The van der Waals surface area contributed by atoms with Crippen molar-refractivity contribution in [2.24, 2.45) is 0 Å². The molecule has 1 aromatic heterocycles. The molecule has 0 fully saturated rings. The molecule has 0 unspecified atom stereocenters. The number of benzene rings is 3. The molecule has 5 heteroatoms. The first kappa shape index (κ1) is 23.9. The van der Waals surface area contributed by atoms with Gasteiger partial charge in [-0.3, -0.25) is 4.98 Å². The first-order valence-corrected chi connectivity index (χ1v) is 8.32. The molecule has 0 saturated heterocycles. The minimum atomic E-state index is 0. The molecule has 1 heterocycles. The van der Waals surface area contributed by atoms with Crippen LogP contribution in [0.3, 0.4) is 0 Å². The van der Waals surface area contributed by atoms with Gasteiger partial charge < -0.3 is 29.7 Å². The van der Waals surface area contributed by atoms with Crippen molar-refractivity contribution in [1.82, 2.24) is 4.98 Å². The molecular weight excluding hydrogens is 441 g/mol. The van der Waals surface area contributed by atoms with Gasteiger partial charge in [0.15, 0.2) is 0 Å². The number of halogens is 2. The van der Waals surface area contributed by atoms with E-state index >= 15 is 0 Å². The molecule has 0 aliphatic rings. The second kappa shape index (κ2) is 11.6. The molecule has 2 nitrogen and oxygen atoms in total. The van der Waals surface area contributed by atoms with E-state index in [1.807, 2.05) is 36.7 Å². The van der Waals surface area contributed by atoms with Crippen LogP contribution in [0, 0.1) is 0 Å². The Balaban J connectivity index is 0.00000131. The molecule has 0 saturated carbocycles. The Kier molecular flexibility index (Phi) is 9.89. The molecule has 0 N–H and O–H groups in total. The topological polar surface area (TPSA) is 16.1 Å². The van der Waals surface area contributed by atoms with Crippen LogP contribution in [0.5, 0.6) is 0 Å². The third-order valence-corrected chi connectivity index (χ3v) is 4.17. The summed E-state index contributed by atoms with van der Waals surface area (Å²) in [5, 5.41) is 0. The Morgan fingerprint density at radius 3 is 1.32 bits per heavy atom. The summed E-state index contributed by atoms with van der Waals surface area (Å²) in [6.07, 6.45) is 3.65.